The van der Waals surface area contributed by atoms with Crippen molar-refractivity contribution in [3.63, 3.8) is 0 Å². The van der Waals surface area contributed by atoms with Crippen LogP contribution < -0.4 is 0 Å². The molecular weight excluding hydrogens is 198 g/mol. The average Bonchev–Trinajstić information content (AvgIpc) is 2.29. The van der Waals surface area contributed by atoms with Gasteiger partial charge in [-0.15, -0.1) is 0 Å². The molecule has 0 radical (unpaired) electrons. The van der Waals surface area contributed by atoms with Crippen LogP contribution in [0.15, 0.2) is 30.3 Å². The highest BCUT2D eigenvalue weighted by molar-refractivity contribution is 5.82. The van der Waals surface area contributed by atoms with E-state index in [0.29, 0.717) is 0 Å². The van der Waals surface area contributed by atoms with E-state index in [0.717, 1.165) is 12.8 Å². The molecule has 1 unspecified atom stereocenters. The monoisotopic (exact) mass is 219 g/mol. The number of rotatable bonds is 4. The number of carbonyl (C=O) groups excluding carboxylic acids is 1. The molecule has 88 valence electrons. The second-order valence-electron chi connectivity index (χ2n) is 4.78. The molecule has 1 amide bonds. The quantitative estimate of drug-likeness (QED) is 0.762. The Bertz CT molecular complexity index is 345. The van der Waals surface area contributed by atoms with Crippen LogP contribution in [0.25, 0.3) is 0 Å². The van der Waals surface area contributed by atoms with E-state index in [1.807, 2.05) is 39.2 Å². The van der Waals surface area contributed by atoms with Crippen LogP contribution in [0.5, 0.6) is 0 Å². The highest BCUT2D eigenvalue weighted by Gasteiger charge is 2.32. The Balaban J connectivity index is 2.86. The zero-order valence-corrected chi connectivity index (χ0v) is 10.7. The highest BCUT2D eigenvalue weighted by atomic mass is 16.2. The maximum atomic E-state index is 12.1. The second kappa shape index (κ2) is 5.15. The van der Waals surface area contributed by atoms with Crippen LogP contribution in [-0.4, -0.2) is 24.9 Å². The summed E-state index contributed by atoms with van der Waals surface area (Å²) in [6.07, 6.45) is 1.67. The van der Waals surface area contributed by atoms with E-state index < -0.39 is 0 Å². The van der Waals surface area contributed by atoms with E-state index >= 15 is 0 Å². The maximum absolute atomic E-state index is 12.1. The smallest absolute Gasteiger partial charge is 0.228 e. The molecule has 16 heavy (non-hydrogen) atoms. The van der Waals surface area contributed by atoms with Crippen LogP contribution in [0.3, 0.4) is 0 Å². The molecule has 0 saturated carbocycles. The Kier molecular flexibility index (Phi) is 4.11. The summed E-state index contributed by atoms with van der Waals surface area (Å²) >= 11 is 0. The van der Waals surface area contributed by atoms with Crippen molar-refractivity contribution in [1.29, 1.82) is 0 Å². The van der Waals surface area contributed by atoms with Gasteiger partial charge in [-0.2, -0.15) is 0 Å². The molecule has 0 heterocycles. The van der Waals surface area contributed by atoms with E-state index in [4.69, 9.17) is 0 Å². The first-order valence-corrected chi connectivity index (χ1v) is 5.75. The third-order valence-electron chi connectivity index (χ3n) is 3.14. The lowest BCUT2D eigenvalue weighted by Gasteiger charge is -2.30. The van der Waals surface area contributed by atoms with E-state index in [1.54, 1.807) is 4.90 Å². The molecule has 1 atom stereocenters. The average molecular weight is 219 g/mol. The first-order chi connectivity index (χ1) is 7.49. The van der Waals surface area contributed by atoms with Crippen LogP contribution in [0.2, 0.25) is 0 Å². The van der Waals surface area contributed by atoms with Gasteiger partial charge in [-0.1, -0.05) is 44.2 Å². The van der Waals surface area contributed by atoms with Gasteiger partial charge in [0.1, 0.15) is 0 Å². The van der Waals surface area contributed by atoms with Gasteiger partial charge in [0.15, 0.2) is 0 Å². The third-order valence-corrected chi connectivity index (χ3v) is 3.14. The summed E-state index contributed by atoms with van der Waals surface area (Å²) in [4.78, 5) is 13.8. The van der Waals surface area contributed by atoms with Crippen molar-refractivity contribution in [1.82, 2.24) is 4.90 Å². The van der Waals surface area contributed by atoms with Crippen molar-refractivity contribution in [2.45, 2.75) is 26.7 Å². The molecule has 0 aliphatic carbocycles. The largest absolute Gasteiger partial charge is 0.348 e. The summed E-state index contributed by atoms with van der Waals surface area (Å²) in [6.45, 7) is 4.12. The maximum Gasteiger partial charge on any atom is 0.228 e. The highest BCUT2D eigenvalue weighted by Crippen LogP contribution is 2.28. The fraction of sp³-hybridized carbons (Fsp3) is 0.500. The molecule has 0 aliphatic rings. The molecule has 2 heteroatoms. The normalized spacial score (nSPS) is 14.2. The molecule has 1 aromatic rings. The van der Waals surface area contributed by atoms with Gasteiger partial charge in [-0.05, 0) is 18.4 Å². The van der Waals surface area contributed by atoms with Gasteiger partial charge in [-0.3, -0.25) is 4.79 Å². The Morgan fingerprint density at radius 2 is 1.81 bits per heavy atom. The Labute approximate surface area is 98.3 Å². The molecule has 1 aromatic carbocycles. The third kappa shape index (κ3) is 2.84. The lowest BCUT2D eigenvalue weighted by molar-refractivity contribution is -0.138. The molecule has 0 bridgehead atoms. The predicted molar refractivity (Wildman–Crippen MR) is 67.2 cm³/mol. The molecule has 0 aromatic heterocycles. The van der Waals surface area contributed by atoms with Crippen molar-refractivity contribution >= 4 is 5.91 Å². The molecule has 0 saturated heterocycles. The number of hydrogen-bond acceptors (Lipinski definition) is 1. The molecule has 0 spiro atoms. The van der Waals surface area contributed by atoms with Crippen LogP contribution in [0.4, 0.5) is 0 Å². The molecule has 1 rings (SSSR count). The van der Waals surface area contributed by atoms with Crippen LogP contribution >= 0.6 is 0 Å². The van der Waals surface area contributed by atoms with Gasteiger partial charge < -0.3 is 4.90 Å². The fourth-order valence-corrected chi connectivity index (χ4v) is 1.94. The minimum absolute atomic E-state index is 0.207. The lowest BCUT2D eigenvalue weighted by atomic mass is 9.80. The first-order valence-electron chi connectivity index (χ1n) is 5.75. The number of hydrogen-bond donors (Lipinski definition) is 0. The molecule has 2 nitrogen and oxygen atoms in total. The molecular formula is C14H21NO. The van der Waals surface area contributed by atoms with Crippen molar-refractivity contribution in [2.24, 2.45) is 5.41 Å². The summed E-state index contributed by atoms with van der Waals surface area (Å²) in [5.74, 6) is 0.207. The zero-order valence-electron chi connectivity index (χ0n) is 10.7. The van der Waals surface area contributed by atoms with Crippen molar-refractivity contribution < 1.29 is 4.79 Å². The second-order valence-corrected chi connectivity index (χ2v) is 4.78. The van der Waals surface area contributed by atoms with Crippen LogP contribution in [0.1, 0.15) is 25.8 Å². The number of carbonyl (C=O) groups is 1. The summed E-state index contributed by atoms with van der Waals surface area (Å²) in [6, 6.07) is 10.2. The van der Waals surface area contributed by atoms with Crippen molar-refractivity contribution in [3.8, 4) is 0 Å². The number of nitrogens with zero attached hydrogens (tertiary/aromatic N) is 1. The summed E-state index contributed by atoms with van der Waals surface area (Å²) in [7, 11) is 3.64. The Hall–Kier alpha value is -1.31. The van der Waals surface area contributed by atoms with Crippen molar-refractivity contribution in [2.75, 3.05) is 14.1 Å². The number of amides is 1. The van der Waals surface area contributed by atoms with Gasteiger partial charge in [0.05, 0.1) is 5.41 Å². The standard InChI is InChI=1S/C14H21NO/c1-5-14(2,13(16)15(3)4)11-12-9-7-6-8-10-12/h6-10H,5,11H2,1-4H3. The van der Waals surface area contributed by atoms with Crippen LogP contribution in [0, 0.1) is 5.41 Å². The van der Waals surface area contributed by atoms with E-state index in [-0.39, 0.29) is 11.3 Å². The summed E-state index contributed by atoms with van der Waals surface area (Å²) in [5.41, 5.74) is 0.937. The van der Waals surface area contributed by atoms with Gasteiger partial charge in [0.25, 0.3) is 0 Å². The first kappa shape index (κ1) is 12.8. The van der Waals surface area contributed by atoms with Gasteiger partial charge >= 0.3 is 0 Å². The molecule has 0 fully saturated rings. The van der Waals surface area contributed by atoms with E-state index in [2.05, 4.69) is 19.1 Å². The zero-order chi connectivity index (χ0) is 12.2. The van der Waals surface area contributed by atoms with E-state index in [9.17, 15) is 4.79 Å². The van der Waals surface area contributed by atoms with Gasteiger partial charge in [0.2, 0.25) is 5.91 Å². The molecule has 0 aliphatic heterocycles. The van der Waals surface area contributed by atoms with Gasteiger partial charge in [-0.25, -0.2) is 0 Å². The minimum atomic E-state index is -0.287. The Morgan fingerprint density at radius 3 is 2.25 bits per heavy atom. The lowest BCUT2D eigenvalue weighted by Crippen LogP contribution is -2.39. The van der Waals surface area contributed by atoms with E-state index in [1.165, 1.54) is 5.56 Å². The summed E-state index contributed by atoms with van der Waals surface area (Å²) < 4.78 is 0. The number of benzene rings is 1. The predicted octanol–water partition coefficient (Wildman–Crippen LogP) is 2.73. The topological polar surface area (TPSA) is 20.3 Å². The fourth-order valence-electron chi connectivity index (χ4n) is 1.94. The summed E-state index contributed by atoms with van der Waals surface area (Å²) in [5, 5.41) is 0. The Morgan fingerprint density at radius 1 is 1.25 bits per heavy atom. The van der Waals surface area contributed by atoms with Gasteiger partial charge in [0, 0.05) is 14.1 Å². The van der Waals surface area contributed by atoms with Crippen LogP contribution in [-0.2, 0) is 11.2 Å². The SMILES string of the molecule is CCC(C)(Cc1ccccc1)C(=O)N(C)C. The van der Waals surface area contributed by atoms with Crippen molar-refractivity contribution in [3.05, 3.63) is 35.9 Å². The minimum Gasteiger partial charge on any atom is -0.348 e. The molecule has 0 N–H and O–H groups in total.